The fourth-order valence-electron chi connectivity index (χ4n) is 1.67. The van der Waals surface area contributed by atoms with E-state index in [0.29, 0.717) is 0 Å². The summed E-state index contributed by atoms with van der Waals surface area (Å²) in [6.45, 7) is 0. The average Bonchev–Trinajstić information content (AvgIpc) is 2.25. The molecule has 0 aromatic heterocycles. The molecule has 20 heavy (non-hydrogen) atoms. The van der Waals surface area contributed by atoms with Crippen LogP contribution in [0.2, 0.25) is 5.02 Å². The molecule has 1 aromatic rings. The number of alkyl halides is 6. The van der Waals surface area contributed by atoms with E-state index in [9.17, 15) is 26.3 Å². The van der Waals surface area contributed by atoms with Gasteiger partial charge in [-0.1, -0.05) is 17.7 Å². The SMILES string of the molecule is COc1cc(C(N)C(C(F)(F)F)C(F)(F)F)ccc1Cl. The first-order chi connectivity index (χ1) is 8.98. The molecule has 114 valence electrons. The van der Waals surface area contributed by atoms with Crippen LogP contribution >= 0.6 is 11.6 Å². The molecule has 0 aliphatic rings. The van der Waals surface area contributed by atoms with Gasteiger partial charge in [0.05, 0.1) is 18.2 Å². The monoisotopic (exact) mass is 321 g/mol. The van der Waals surface area contributed by atoms with Crippen molar-refractivity contribution in [1.29, 1.82) is 0 Å². The smallest absolute Gasteiger partial charge is 0.402 e. The highest BCUT2D eigenvalue weighted by Gasteiger charge is 2.59. The van der Waals surface area contributed by atoms with E-state index in [1.165, 1.54) is 7.11 Å². The second-order valence-electron chi connectivity index (χ2n) is 3.98. The summed E-state index contributed by atoms with van der Waals surface area (Å²) in [5.41, 5.74) is 4.78. The minimum absolute atomic E-state index is 0.0530. The predicted octanol–water partition coefficient (Wildman–Crippen LogP) is 4.09. The number of hydrogen-bond donors (Lipinski definition) is 1. The molecule has 1 unspecified atom stereocenters. The molecule has 2 nitrogen and oxygen atoms in total. The van der Waals surface area contributed by atoms with Gasteiger partial charge in [-0.25, -0.2) is 0 Å². The topological polar surface area (TPSA) is 35.2 Å². The van der Waals surface area contributed by atoms with Crippen LogP contribution in [0.1, 0.15) is 11.6 Å². The highest BCUT2D eigenvalue weighted by atomic mass is 35.5. The van der Waals surface area contributed by atoms with E-state index in [1.807, 2.05) is 0 Å². The van der Waals surface area contributed by atoms with E-state index in [2.05, 4.69) is 0 Å². The lowest BCUT2D eigenvalue weighted by atomic mass is 9.92. The third-order valence-electron chi connectivity index (χ3n) is 2.62. The molecule has 9 heteroatoms. The van der Waals surface area contributed by atoms with Gasteiger partial charge in [0.1, 0.15) is 5.75 Å². The van der Waals surface area contributed by atoms with Gasteiger partial charge < -0.3 is 10.5 Å². The Kier molecular flexibility index (Phi) is 4.81. The molecule has 0 saturated heterocycles. The van der Waals surface area contributed by atoms with E-state index < -0.39 is 24.3 Å². The molecule has 0 aliphatic heterocycles. The number of benzene rings is 1. The van der Waals surface area contributed by atoms with E-state index in [0.717, 1.165) is 18.2 Å². The number of rotatable bonds is 3. The maximum Gasteiger partial charge on any atom is 0.402 e. The van der Waals surface area contributed by atoms with Gasteiger partial charge in [-0.3, -0.25) is 0 Å². The van der Waals surface area contributed by atoms with Crippen molar-refractivity contribution >= 4 is 11.6 Å². The van der Waals surface area contributed by atoms with Gasteiger partial charge in [-0.2, -0.15) is 26.3 Å². The summed E-state index contributed by atoms with van der Waals surface area (Å²) >= 11 is 5.65. The molecule has 0 saturated carbocycles. The second kappa shape index (κ2) is 5.69. The molecule has 1 aromatic carbocycles. The first kappa shape index (κ1) is 16.9. The Labute approximate surface area is 115 Å². The quantitative estimate of drug-likeness (QED) is 0.851. The molecule has 0 radical (unpaired) electrons. The van der Waals surface area contributed by atoms with Gasteiger partial charge in [0.25, 0.3) is 0 Å². The Balaban J connectivity index is 3.23. The zero-order chi connectivity index (χ0) is 15.7. The summed E-state index contributed by atoms with van der Waals surface area (Å²) in [6.07, 6.45) is -11.0. The Bertz CT molecular complexity index is 459. The molecule has 1 rings (SSSR count). The summed E-state index contributed by atoms with van der Waals surface area (Å²) in [4.78, 5) is 0. The number of methoxy groups -OCH3 is 1. The first-order valence-corrected chi connectivity index (χ1v) is 5.58. The normalized spacial score (nSPS) is 14.5. The van der Waals surface area contributed by atoms with Gasteiger partial charge in [-0.15, -0.1) is 0 Å². The summed E-state index contributed by atoms with van der Waals surface area (Å²) < 4.78 is 80.1. The number of hydrogen-bond acceptors (Lipinski definition) is 2. The Morgan fingerprint density at radius 2 is 1.60 bits per heavy atom. The van der Waals surface area contributed by atoms with Crippen molar-refractivity contribution in [2.75, 3.05) is 7.11 Å². The Morgan fingerprint density at radius 1 is 1.10 bits per heavy atom. The largest absolute Gasteiger partial charge is 0.495 e. The van der Waals surface area contributed by atoms with Crippen molar-refractivity contribution < 1.29 is 31.1 Å². The van der Waals surface area contributed by atoms with Crippen molar-refractivity contribution in [2.24, 2.45) is 11.7 Å². The van der Waals surface area contributed by atoms with E-state index in [1.54, 1.807) is 0 Å². The number of ether oxygens (including phenoxy) is 1. The summed E-state index contributed by atoms with van der Waals surface area (Å²) in [5.74, 6) is -3.72. The lowest BCUT2D eigenvalue weighted by Gasteiger charge is -2.28. The standard InChI is InChI=1S/C11H10ClF6NO/c1-20-7-4-5(2-3-6(7)12)8(19)9(10(13,14)15)11(16,17)18/h2-4,8-9H,19H2,1H3. The molecular formula is C11H10ClF6NO. The third kappa shape index (κ3) is 3.69. The van der Waals surface area contributed by atoms with Crippen molar-refractivity contribution in [1.82, 2.24) is 0 Å². The van der Waals surface area contributed by atoms with Crippen LogP contribution in [0, 0.1) is 5.92 Å². The highest BCUT2D eigenvalue weighted by Crippen LogP contribution is 2.46. The van der Waals surface area contributed by atoms with E-state index in [4.69, 9.17) is 22.1 Å². The number of nitrogens with two attached hydrogens (primary N) is 1. The van der Waals surface area contributed by atoms with Crippen LogP contribution in [0.15, 0.2) is 18.2 Å². The van der Waals surface area contributed by atoms with Gasteiger partial charge in [0.15, 0.2) is 5.92 Å². The van der Waals surface area contributed by atoms with Crippen LogP contribution in [0.4, 0.5) is 26.3 Å². The lowest BCUT2D eigenvalue weighted by Crippen LogP contribution is -2.43. The summed E-state index contributed by atoms with van der Waals surface area (Å²) in [7, 11) is 1.18. The van der Waals surface area contributed by atoms with E-state index in [-0.39, 0.29) is 16.3 Å². The molecule has 1 atom stereocenters. The summed E-state index contributed by atoms with van der Waals surface area (Å²) in [6, 6.07) is 0.776. The minimum atomic E-state index is -5.51. The minimum Gasteiger partial charge on any atom is -0.495 e. The summed E-state index contributed by atoms with van der Waals surface area (Å²) in [5, 5.41) is 0.0546. The van der Waals surface area contributed by atoms with Gasteiger partial charge in [-0.05, 0) is 17.7 Å². The van der Waals surface area contributed by atoms with Gasteiger partial charge >= 0.3 is 12.4 Å². The molecular weight excluding hydrogens is 312 g/mol. The first-order valence-electron chi connectivity index (χ1n) is 5.21. The fourth-order valence-corrected chi connectivity index (χ4v) is 1.86. The molecule has 0 spiro atoms. The molecule has 0 bridgehead atoms. The zero-order valence-electron chi connectivity index (χ0n) is 10.0. The fraction of sp³-hybridized carbons (Fsp3) is 0.455. The Morgan fingerprint density at radius 3 is 2.00 bits per heavy atom. The van der Waals surface area contributed by atoms with E-state index >= 15 is 0 Å². The van der Waals surface area contributed by atoms with Crippen LogP contribution in [0.25, 0.3) is 0 Å². The molecule has 2 N–H and O–H groups in total. The van der Waals surface area contributed by atoms with Gasteiger partial charge in [0, 0.05) is 0 Å². The second-order valence-corrected chi connectivity index (χ2v) is 4.39. The third-order valence-corrected chi connectivity index (χ3v) is 2.94. The van der Waals surface area contributed by atoms with Gasteiger partial charge in [0.2, 0.25) is 0 Å². The zero-order valence-corrected chi connectivity index (χ0v) is 10.8. The van der Waals surface area contributed by atoms with Crippen molar-refractivity contribution in [3.8, 4) is 5.75 Å². The molecule has 0 amide bonds. The molecule has 0 aliphatic carbocycles. The van der Waals surface area contributed by atoms with Crippen LogP contribution in [-0.2, 0) is 0 Å². The average molecular weight is 322 g/mol. The Hall–Kier alpha value is -1.15. The highest BCUT2D eigenvalue weighted by molar-refractivity contribution is 6.32. The lowest BCUT2D eigenvalue weighted by molar-refractivity contribution is -0.290. The van der Waals surface area contributed by atoms with Crippen molar-refractivity contribution in [2.45, 2.75) is 18.4 Å². The molecule has 0 fully saturated rings. The number of halogens is 7. The van der Waals surface area contributed by atoms with Crippen molar-refractivity contribution in [3.05, 3.63) is 28.8 Å². The van der Waals surface area contributed by atoms with Crippen LogP contribution < -0.4 is 10.5 Å². The maximum atomic E-state index is 12.6. The van der Waals surface area contributed by atoms with Crippen molar-refractivity contribution in [3.63, 3.8) is 0 Å². The maximum absolute atomic E-state index is 12.6. The predicted molar refractivity (Wildman–Crippen MR) is 60.5 cm³/mol. The van der Waals surface area contributed by atoms with Crippen LogP contribution in [0.5, 0.6) is 5.75 Å². The van der Waals surface area contributed by atoms with Crippen LogP contribution in [-0.4, -0.2) is 19.5 Å². The molecule has 0 heterocycles. The van der Waals surface area contributed by atoms with Crippen LogP contribution in [0.3, 0.4) is 0 Å².